The average Bonchev–Trinajstić information content (AvgIpc) is 0.688. The van der Waals surface area contributed by atoms with Crippen molar-refractivity contribution in [3.63, 3.8) is 0 Å². The predicted octanol–water partition coefficient (Wildman–Crippen LogP) is 18.0. The molecule has 3 heterocycles. The fourth-order valence-corrected chi connectivity index (χ4v) is 13.2. The molecule has 0 fully saturated rings. The third-order valence-electron chi connectivity index (χ3n) is 18.0. The van der Waals surface area contributed by atoms with Gasteiger partial charge in [-0.2, -0.15) is 10.0 Å². The van der Waals surface area contributed by atoms with Crippen molar-refractivity contribution in [1.82, 2.24) is 14.9 Å². The first kappa shape index (κ1) is 58.9. The number of carbonyl (C=O) groups is 7. The number of hydrogen-bond donors (Lipinski definition) is 0. The molecule has 458 valence electrons. The van der Waals surface area contributed by atoms with E-state index in [-0.39, 0.29) is 85.0 Å². The average molecular weight is 1220 g/mol. The first-order valence-electron chi connectivity index (χ1n) is 31.3. The number of fused-ring (bicyclic) bond motifs is 2. The van der Waals surface area contributed by atoms with Gasteiger partial charge in [0.25, 0.3) is 35.4 Å². The van der Waals surface area contributed by atoms with Gasteiger partial charge in [-0.25, -0.2) is 4.79 Å². The summed E-state index contributed by atoms with van der Waals surface area (Å²) >= 11 is 0. The Hall–Kier alpha value is -10.7. The number of hydrazine groups is 1. The lowest BCUT2D eigenvalue weighted by Crippen LogP contribution is -2.58. The smallest absolute Gasteiger partial charge is 0.338 e. The van der Waals surface area contributed by atoms with Gasteiger partial charge in [0.2, 0.25) is 0 Å². The summed E-state index contributed by atoms with van der Waals surface area (Å²) in [6.07, 6.45) is 5.73. The zero-order valence-electron chi connectivity index (χ0n) is 52.2. The van der Waals surface area contributed by atoms with Crippen LogP contribution in [0.5, 0.6) is 34.5 Å². The minimum Gasteiger partial charge on any atom is -0.457 e. The summed E-state index contributed by atoms with van der Waals surface area (Å²) in [6.45, 7) is 15.2. The van der Waals surface area contributed by atoms with Gasteiger partial charge in [-0.05, 0) is 142 Å². The summed E-state index contributed by atoms with van der Waals surface area (Å²) in [4.78, 5) is 105. The molecule has 11 aromatic rings. The van der Waals surface area contributed by atoms with E-state index in [1.165, 1.54) is 29.2 Å². The maximum Gasteiger partial charge on any atom is 0.338 e. The van der Waals surface area contributed by atoms with Crippen molar-refractivity contribution in [3.05, 3.63) is 225 Å². The molecule has 11 aromatic carbocycles. The molecule has 0 radical (unpaired) electrons. The highest BCUT2D eigenvalue weighted by Gasteiger charge is 2.48. The Labute approximate surface area is 531 Å². The lowest BCUT2D eigenvalue weighted by atomic mass is 9.83. The van der Waals surface area contributed by atoms with Crippen molar-refractivity contribution in [3.8, 4) is 34.5 Å². The van der Waals surface area contributed by atoms with Crippen molar-refractivity contribution in [2.24, 2.45) is 0 Å². The third-order valence-corrected chi connectivity index (χ3v) is 18.0. The van der Waals surface area contributed by atoms with Crippen molar-refractivity contribution < 1.29 is 52.5 Å². The molecule has 0 saturated carbocycles. The molecule has 92 heavy (non-hydrogen) atoms. The number of unbranched alkanes of at least 4 members (excludes halogenated alkanes) is 5. The highest BCUT2D eigenvalue weighted by atomic mass is 16.5. The number of amides is 6. The summed E-state index contributed by atoms with van der Waals surface area (Å²) in [6, 6.07) is 50.0. The Bertz CT molecular complexity index is 4720. The van der Waals surface area contributed by atoms with Gasteiger partial charge in [-0.15, -0.1) is 0 Å². The second kappa shape index (κ2) is 22.6. The highest BCUT2D eigenvalue weighted by Crippen LogP contribution is 2.54. The highest BCUT2D eigenvalue weighted by molar-refractivity contribution is 6.42. The fourth-order valence-electron chi connectivity index (χ4n) is 13.2. The van der Waals surface area contributed by atoms with Crippen LogP contribution in [0.4, 0.5) is 0 Å². The molecule has 3 aliphatic heterocycles. The van der Waals surface area contributed by atoms with Crippen LogP contribution in [0, 0.1) is 0 Å². The number of rotatable bonds is 17. The zero-order chi connectivity index (χ0) is 64.1. The minimum absolute atomic E-state index is 0.0387. The normalized spacial score (nSPS) is 14.1. The minimum atomic E-state index is -1.00. The van der Waals surface area contributed by atoms with Crippen molar-refractivity contribution in [2.75, 3.05) is 6.54 Å². The van der Waals surface area contributed by atoms with E-state index in [0.717, 1.165) is 54.2 Å². The zero-order valence-corrected chi connectivity index (χ0v) is 52.2. The first-order chi connectivity index (χ1) is 44.3. The van der Waals surface area contributed by atoms with Gasteiger partial charge < -0.3 is 18.9 Å². The molecule has 14 nitrogen and oxygen atoms in total. The number of esters is 1. The maximum absolute atomic E-state index is 15.9. The maximum atomic E-state index is 15.9. The predicted molar refractivity (Wildman–Crippen MR) is 354 cm³/mol. The Balaban J connectivity index is 0.920. The Kier molecular flexibility index (Phi) is 14.5. The van der Waals surface area contributed by atoms with Crippen LogP contribution >= 0.6 is 0 Å². The largest absolute Gasteiger partial charge is 0.457 e. The summed E-state index contributed by atoms with van der Waals surface area (Å²) in [7, 11) is 0. The Morgan fingerprint density at radius 2 is 0.815 bits per heavy atom. The van der Waals surface area contributed by atoms with Crippen LogP contribution in [0.25, 0.3) is 53.9 Å². The van der Waals surface area contributed by atoms with Crippen LogP contribution in [-0.2, 0) is 22.2 Å². The molecule has 14 heteroatoms. The van der Waals surface area contributed by atoms with E-state index in [0.29, 0.717) is 77.3 Å². The number of benzene rings is 11. The number of imide groups is 3. The quantitative estimate of drug-likeness (QED) is 0.0280. The van der Waals surface area contributed by atoms with E-state index in [1.807, 2.05) is 109 Å². The molecule has 0 N–H and O–H groups in total. The molecule has 0 aliphatic carbocycles. The van der Waals surface area contributed by atoms with Crippen LogP contribution < -0.4 is 14.2 Å². The Morgan fingerprint density at radius 1 is 0.380 bits per heavy atom. The lowest BCUT2D eigenvalue weighted by molar-refractivity contribution is 0.00210. The first-order valence-corrected chi connectivity index (χ1v) is 31.3. The molecule has 0 aromatic heterocycles. The van der Waals surface area contributed by atoms with Crippen molar-refractivity contribution in [2.45, 2.75) is 104 Å². The second-order valence-corrected chi connectivity index (χ2v) is 26.1. The molecule has 0 atom stereocenters. The number of nitrogens with zero attached hydrogens (tertiary/aromatic N) is 3. The summed E-state index contributed by atoms with van der Waals surface area (Å²) < 4.78 is 26.4. The molecule has 14 rings (SSSR count). The molecule has 0 bridgehead atoms. The van der Waals surface area contributed by atoms with Crippen LogP contribution in [-0.4, -0.2) is 62.9 Å². The van der Waals surface area contributed by atoms with Gasteiger partial charge in [0.15, 0.2) is 0 Å². The van der Waals surface area contributed by atoms with Crippen LogP contribution in [0.1, 0.15) is 176 Å². The molecular weight excluding hydrogens is 1150 g/mol. The molecule has 0 spiro atoms. The molecule has 0 unspecified atom stereocenters. The van der Waals surface area contributed by atoms with Gasteiger partial charge in [0.1, 0.15) is 41.1 Å². The van der Waals surface area contributed by atoms with Crippen molar-refractivity contribution in [1.29, 1.82) is 0 Å². The number of carbonyl (C=O) groups excluding carboxylic acids is 7. The van der Waals surface area contributed by atoms with E-state index < -0.39 is 41.4 Å². The van der Waals surface area contributed by atoms with Gasteiger partial charge in [-0.1, -0.05) is 153 Å². The second-order valence-electron chi connectivity index (χ2n) is 26.1. The third kappa shape index (κ3) is 9.92. The number of ether oxygens (including phenoxy) is 4. The summed E-state index contributed by atoms with van der Waals surface area (Å²) in [5.74, 6) is -3.23. The standard InChI is InChI=1S/C78H65N3O11/c1-8-9-10-11-12-16-40-79-70(82)54-34-36-56-65-57(37-35-55(64(54)65)71(79)83)73(85)80(72(56)84)81-74(86)58-41-61(91-49-30-24-46(25-31-49)77(2,3)4)67-52-21-17-20-51-60(90-48-28-22-45(23-29-48)76(88)89-43-44-18-14-13-15-19-44)39-38-53(63(51)52)68-62(42-59(75(81)87)66(58)69(67)68)92-50-32-26-47(27-33-50)78(5,6)7/h13-15,17-39,41-42H,8-12,16,40,43H2,1-7H3. The molecular formula is C78H65N3O11. The van der Waals surface area contributed by atoms with E-state index in [4.69, 9.17) is 18.9 Å². The fraction of sp³-hybridized carbons (Fsp3) is 0.218. The molecule has 6 amide bonds. The summed E-state index contributed by atoms with van der Waals surface area (Å²) in [5, 5.41) is 6.01. The van der Waals surface area contributed by atoms with Crippen molar-refractivity contribution >= 4 is 95.3 Å². The van der Waals surface area contributed by atoms with E-state index >= 15 is 19.2 Å². The van der Waals surface area contributed by atoms with Gasteiger partial charge in [-0.3, -0.25) is 33.7 Å². The van der Waals surface area contributed by atoms with Crippen LogP contribution in [0.3, 0.4) is 0 Å². The topological polar surface area (TPSA) is 166 Å². The van der Waals surface area contributed by atoms with Gasteiger partial charge in [0.05, 0.1) is 27.8 Å². The van der Waals surface area contributed by atoms with Gasteiger partial charge in [0, 0.05) is 60.8 Å². The number of hydrogen-bond acceptors (Lipinski definition) is 11. The van der Waals surface area contributed by atoms with Crippen LogP contribution in [0.2, 0.25) is 0 Å². The van der Waals surface area contributed by atoms with E-state index in [2.05, 4.69) is 48.5 Å². The van der Waals surface area contributed by atoms with Gasteiger partial charge >= 0.3 is 5.97 Å². The molecule has 0 saturated heterocycles. The lowest BCUT2D eigenvalue weighted by Gasteiger charge is -2.38. The SMILES string of the molecule is CCCCCCCCN1C(=O)c2ccc3c4c(ccc(c24)C1=O)C(=O)N(N1C(=O)c2cc(Oc4ccc(C(C)(C)C)cc4)c4c5cccc6c(Oc7ccc(C(=O)OCc8ccccc8)cc7)ccc(c7c(Oc8ccc(C(C)(C)C)cc8)cc(c2c47)C1=O)c65)C3=O. The molecule has 3 aliphatic rings. The van der Waals surface area contributed by atoms with Crippen LogP contribution in [0.15, 0.2) is 170 Å². The van der Waals surface area contributed by atoms with E-state index in [9.17, 15) is 14.4 Å². The summed E-state index contributed by atoms with van der Waals surface area (Å²) in [5.41, 5.74) is 3.07. The monoisotopic (exact) mass is 1220 g/mol. The Morgan fingerprint density at radius 3 is 1.33 bits per heavy atom. The van der Waals surface area contributed by atoms with E-state index in [1.54, 1.807) is 36.4 Å².